The topological polar surface area (TPSA) is 70.4 Å². The zero-order chi connectivity index (χ0) is 14.3. The van der Waals surface area contributed by atoms with Gasteiger partial charge >= 0.3 is 0 Å². The first-order valence-electron chi connectivity index (χ1n) is 6.69. The monoisotopic (exact) mass is 284 g/mol. The molecule has 0 saturated carbocycles. The molecule has 0 radical (unpaired) electrons. The summed E-state index contributed by atoms with van der Waals surface area (Å²) < 4.78 is 0. The fraction of sp³-hybridized carbons (Fsp3) is 0.615. The van der Waals surface area contributed by atoms with Crippen molar-refractivity contribution >= 4 is 27.9 Å². The van der Waals surface area contributed by atoms with E-state index in [-0.39, 0.29) is 5.91 Å². The van der Waals surface area contributed by atoms with Gasteiger partial charge in [0.05, 0.1) is 10.7 Å². The fourth-order valence-corrected chi connectivity index (χ4v) is 2.79. The van der Waals surface area contributed by atoms with Gasteiger partial charge in [-0.25, -0.2) is 0 Å². The van der Waals surface area contributed by atoms with Crippen molar-refractivity contribution in [2.75, 3.05) is 44.3 Å². The standard InChI is InChI=1S/C13H24N4OS/c1-4-17(5-2)8-6-7-16-11-9-10(14)12(19-11)13(18)15-3/h9,16H,4-8,14H2,1-3H3,(H,15,18). The molecular formula is C13H24N4OS. The quantitative estimate of drug-likeness (QED) is 0.637. The molecule has 1 heterocycles. The van der Waals surface area contributed by atoms with Crippen LogP contribution in [0.15, 0.2) is 6.07 Å². The number of nitrogens with two attached hydrogens (primary N) is 1. The molecule has 0 atom stereocenters. The summed E-state index contributed by atoms with van der Waals surface area (Å²) in [5, 5.41) is 6.86. The third-order valence-electron chi connectivity index (χ3n) is 3.04. The number of thiophene rings is 1. The van der Waals surface area contributed by atoms with Gasteiger partial charge in [-0.2, -0.15) is 0 Å². The number of rotatable bonds is 8. The summed E-state index contributed by atoms with van der Waals surface area (Å²) >= 11 is 1.40. The molecular weight excluding hydrogens is 260 g/mol. The van der Waals surface area contributed by atoms with Crippen LogP contribution in [0.3, 0.4) is 0 Å². The lowest BCUT2D eigenvalue weighted by Gasteiger charge is -2.17. The van der Waals surface area contributed by atoms with Crippen LogP contribution in [-0.2, 0) is 0 Å². The van der Waals surface area contributed by atoms with E-state index < -0.39 is 0 Å². The molecule has 1 amide bonds. The van der Waals surface area contributed by atoms with Crippen LogP contribution < -0.4 is 16.4 Å². The van der Waals surface area contributed by atoms with Crippen molar-refractivity contribution in [1.82, 2.24) is 10.2 Å². The Morgan fingerprint density at radius 1 is 1.42 bits per heavy atom. The molecule has 1 aromatic rings. The maximum atomic E-state index is 11.5. The molecule has 1 aromatic heterocycles. The number of nitrogens with zero attached hydrogens (tertiary/aromatic N) is 1. The minimum atomic E-state index is -0.126. The van der Waals surface area contributed by atoms with Crippen molar-refractivity contribution in [1.29, 1.82) is 0 Å². The van der Waals surface area contributed by atoms with Gasteiger partial charge in [0, 0.05) is 13.6 Å². The van der Waals surface area contributed by atoms with Crippen LogP contribution in [0, 0.1) is 0 Å². The Morgan fingerprint density at radius 2 is 2.11 bits per heavy atom. The lowest BCUT2D eigenvalue weighted by molar-refractivity contribution is 0.0968. The molecule has 0 spiro atoms. The van der Waals surface area contributed by atoms with Crippen molar-refractivity contribution in [3.8, 4) is 0 Å². The predicted octanol–water partition coefficient (Wildman–Crippen LogP) is 1.83. The van der Waals surface area contributed by atoms with Gasteiger partial charge in [0.2, 0.25) is 0 Å². The molecule has 0 aliphatic rings. The molecule has 108 valence electrons. The van der Waals surface area contributed by atoms with E-state index >= 15 is 0 Å². The van der Waals surface area contributed by atoms with Gasteiger partial charge in [-0.15, -0.1) is 11.3 Å². The zero-order valence-corrected chi connectivity index (χ0v) is 12.8. The van der Waals surface area contributed by atoms with E-state index in [9.17, 15) is 4.79 Å². The smallest absolute Gasteiger partial charge is 0.263 e. The highest BCUT2D eigenvalue weighted by molar-refractivity contribution is 7.18. The molecule has 4 N–H and O–H groups in total. The second kappa shape index (κ2) is 8.01. The molecule has 0 aliphatic heterocycles. The first-order chi connectivity index (χ1) is 9.12. The SMILES string of the molecule is CCN(CC)CCCNc1cc(N)c(C(=O)NC)s1. The Balaban J connectivity index is 2.40. The first-order valence-corrected chi connectivity index (χ1v) is 7.51. The van der Waals surface area contributed by atoms with E-state index in [0.29, 0.717) is 10.6 Å². The molecule has 19 heavy (non-hydrogen) atoms. The van der Waals surface area contributed by atoms with Crippen LogP contribution in [0.25, 0.3) is 0 Å². The van der Waals surface area contributed by atoms with E-state index in [4.69, 9.17) is 5.73 Å². The lowest BCUT2D eigenvalue weighted by atomic mass is 10.3. The van der Waals surface area contributed by atoms with Gasteiger partial charge in [-0.1, -0.05) is 13.8 Å². The fourth-order valence-electron chi connectivity index (χ4n) is 1.84. The molecule has 0 saturated heterocycles. The summed E-state index contributed by atoms with van der Waals surface area (Å²) in [5.41, 5.74) is 6.35. The average Bonchev–Trinajstić information content (AvgIpc) is 2.79. The van der Waals surface area contributed by atoms with Gasteiger partial charge < -0.3 is 21.3 Å². The highest BCUT2D eigenvalue weighted by Crippen LogP contribution is 2.28. The predicted molar refractivity (Wildman–Crippen MR) is 83.0 cm³/mol. The largest absolute Gasteiger partial charge is 0.397 e. The van der Waals surface area contributed by atoms with Crippen LogP contribution in [0.4, 0.5) is 10.7 Å². The van der Waals surface area contributed by atoms with Crippen LogP contribution >= 0.6 is 11.3 Å². The maximum Gasteiger partial charge on any atom is 0.263 e. The zero-order valence-electron chi connectivity index (χ0n) is 12.0. The highest BCUT2D eigenvalue weighted by atomic mass is 32.1. The molecule has 0 aliphatic carbocycles. The second-order valence-corrected chi connectivity index (χ2v) is 5.33. The molecule has 0 unspecified atom stereocenters. The molecule has 0 bridgehead atoms. The average molecular weight is 284 g/mol. The number of carbonyl (C=O) groups is 1. The van der Waals surface area contributed by atoms with Crippen molar-refractivity contribution in [3.05, 3.63) is 10.9 Å². The van der Waals surface area contributed by atoms with Gasteiger partial charge in [-0.05, 0) is 32.1 Å². The number of amides is 1. The lowest BCUT2D eigenvalue weighted by Crippen LogP contribution is -2.25. The summed E-state index contributed by atoms with van der Waals surface area (Å²) in [4.78, 5) is 14.5. The molecule has 6 heteroatoms. The third kappa shape index (κ3) is 4.72. The molecule has 5 nitrogen and oxygen atoms in total. The van der Waals surface area contributed by atoms with Crippen LogP contribution in [0.2, 0.25) is 0 Å². The van der Waals surface area contributed by atoms with Gasteiger partial charge in [0.25, 0.3) is 5.91 Å². The van der Waals surface area contributed by atoms with Gasteiger partial charge in [0.15, 0.2) is 0 Å². The van der Waals surface area contributed by atoms with E-state index in [1.54, 1.807) is 7.05 Å². The van der Waals surface area contributed by atoms with E-state index in [1.807, 2.05) is 6.07 Å². The number of hydrogen-bond donors (Lipinski definition) is 3. The number of nitrogens with one attached hydrogen (secondary N) is 2. The molecule has 0 fully saturated rings. The Bertz CT molecular complexity index is 401. The molecule has 1 rings (SSSR count). The van der Waals surface area contributed by atoms with Crippen molar-refractivity contribution < 1.29 is 4.79 Å². The van der Waals surface area contributed by atoms with E-state index in [2.05, 4.69) is 29.4 Å². The minimum Gasteiger partial charge on any atom is -0.397 e. The summed E-state index contributed by atoms with van der Waals surface area (Å²) in [5.74, 6) is -0.126. The number of carbonyl (C=O) groups excluding carboxylic acids is 1. The number of nitrogen functional groups attached to an aromatic ring is 1. The normalized spacial score (nSPS) is 10.7. The Labute approximate surface area is 119 Å². The van der Waals surface area contributed by atoms with Gasteiger partial charge in [-0.3, -0.25) is 4.79 Å². The summed E-state index contributed by atoms with van der Waals surface area (Å²) in [6.07, 6.45) is 1.08. The highest BCUT2D eigenvalue weighted by Gasteiger charge is 2.12. The number of hydrogen-bond acceptors (Lipinski definition) is 5. The summed E-state index contributed by atoms with van der Waals surface area (Å²) in [6.45, 7) is 8.50. The van der Waals surface area contributed by atoms with Crippen molar-refractivity contribution in [2.45, 2.75) is 20.3 Å². The van der Waals surface area contributed by atoms with Gasteiger partial charge in [0.1, 0.15) is 4.88 Å². The molecule has 0 aromatic carbocycles. The Morgan fingerprint density at radius 3 is 2.68 bits per heavy atom. The van der Waals surface area contributed by atoms with E-state index in [0.717, 1.165) is 37.6 Å². The Hall–Kier alpha value is -1.27. The number of anilines is 2. The summed E-state index contributed by atoms with van der Waals surface area (Å²) in [7, 11) is 1.61. The van der Waals surface area contributed by atoms with Crippen LogP contribution in [0.1, 0.15) is 29.9 Å². The van der Waals surface area contributed by atoms with Crippen molar-refractivity contribution in [3.63, 3.8) is 0 Å². The second-order valence-electron chi connectivity index (χ2n) is 4.28. The third-order valence-corrected chi connectivity index (χ3v) is 4.15. The van der Waals surface area contributed by atoms with Crippen molar-refractivity contribution in [2.24, 2.45) is 0 Å². The van der Waals surface area contributed by atoms with Crippen LogP contribution in [-0.4, -0.2) is 44.0 Å². The maximum absolute atomic E-state index is 11.5. The first kappa shape index (κ1) is 15.8. The van der Waals surface area contributed by atoms with Crippen LogP contribution in [0.5, 0.6) is 0 Å². The van der Waals surface area contributed by atoms with E-state index in [1.165, 1.54) is 11.3 Å². The summed E-state index contributed by atoms with van der Waals surface area (Å²) in [6, 6.07) is 1.83. The Kier molecular flexibility index (Phi) is 6.66. The minimum absolute atomic E-state index is 0.126.